The summed E-state index contributed by atoms with van der Waals surface area (Å²) < 4.78 is 4.26. The normalized spacial score (nSPS) is 12.9. The minimum absolute atomic E-state index is 0.143. The van der Waals surface area contributed by atoms with Crippen LogP contribution in [0.15, 0.2) is 41.0 Å². The summed E-state index contributed by atoms with van der Waals surface area (Å²) in [5.41, 5.74) is 7.53. The highest BCUT2D eigenvalue weighted by Crippen LogP contribution is 2.34. The van der Waals surface area contributed by atoms with Gasteiger partial charge < -0.3 is 5.73 Å². The van der Waals surface area contributed by atoms with Gasteiger partial charge in [-0.2, -0.15) is 5.10 Å². The van der Waals surface area contributed by atoms with Crippen molar-refractivity contribution >= 4 is 37.4 Å². The van der Waals surface area contributed by atoms with E-state index in [1.165, 1.54) is 15.0 Å². The Labute approximate surface area is 130 Å². The van der Waals surface area contributed by atoms with Gasteiger partial charge in [-0.15, -0.1) is 11.3 Å². The van der Waals surface area contributed by atoms with Crippen LogP contribution in [-0.2, 0) is 6.54 Å². The second-order valence-electron chi connectivity index (χ2n) is 4.77. The van der Waals surface area contributed by atoms with Crippen molar-refractivity contribution in [2.75, 3.05) is 0 Å². The molecule has 1 aromatic carbocycles. The van der Waals surface area contributed by atoms with Gasteiger partial charge in [0, 0.05) is 16.1 Å². The first-order chi connectivity index (χ1) is 9.70. The third-order valence-electron chi connectivity index (χ3n) is 3.31. The van der Waals surface area contributed by atoms with E-state index in [4.69, 9.17) is 5.73 Å². The van der Waals surface area contributed by atoms with Crippen molar-refractivity contribution in [3.05, 3.63) is 51.6 Å². The Morgan fingerprint density at radius 2 is 2.20 bits per heavy atom. The van der Waals surface area contributed by atoms with Crippen LogP contribution in [0.4, 0.5) is 0 Å². The minimum Gasteiger partial charge on any atom is -0.318 e. The van der Waals surface area contributed by atoms with Gasteiger partial charge in [-0.1, -0.05) is 25.1 Å². The molecule has 2 aromatic heterocycles. The van der Waals surface area contributed by atoms with Crippen molar-refractivity contribution in [1.29, 1.82) is 0 Å². The summed E-state index contributed by atoms with van der Waals surface area (Å²) in [4.78, 5) is 1.17. The molecule has 0 aliphatic rings. The molecular formula is C15H16BrN3S. The molecule has 1 atom stereocenters. The number of rotatable bonds is 4. The number of nitrogens with zero attached hydrogens (tertiary/aromatic N) is 2. The molecule has 0 aliphatic heterocycles. The van der Waals surface area contributed by atoms with Gasteiger partial charge in [-0.25, -0.2) is 0 Å². The molecule has 0 fully saturated rings. The highest BCUT2D eigenvalue weighted by atomic mass is 79.9. The summed E-state index contributed by atoms with van der Waals surface area (Å²) in [7, 11) is 0. The first-order valence-electron chi connectivity index (χ1n) is 6.66. The van der Waals surface area contributed by atoms with Crippen molar-refractivity contribution < 1.29 is 0 Å². The molecule has 3 rings (SSSR count). The summed E-state index contributed by atoms with van der Waals surface area (Å²) >= 11 is 5.32. The Hall–Kier alpha value is -1.17. The molecule has 20 heavy (non-hydrogen) atoms. The maximum absolute atomic E-state index is 6.48. The molecule has 104 valence electrons. The van der Waals surface area contributed by atoms with E-state index in [-0.39, 0.29) is 6.04 Å². The van der Waals surface area contributed by atoms with E-state index in [1.54, 1.807) is 11.3 Å². The molecule has 3 nitrogen and oxygen atoms in total. The first kappa shape index (κ1) is 13.8. The summed E-state index contributed by atoms with van der Waals surface area (Å²) in [6.45, 7) is 3.03. The van der Waals surface area contributed by atoms with Gasteiger partial charge in [0.05, 0.1) is 22.4 Å². The quantitative estimate of drug-likeness (QED) is 0.762. The zero-order valence-corrected chi connectivity index (χ0v) is 13.6. The lowest BCUT2D eigenvalue weighted by molar-refractivity contribution is 0.560. The van der Waals surface area contributed by atoms with E-state index in [1.807, 2.05) is 10.9 Å². The monoisotopic (exact) mass is 349 g/mol. The van der Waals surface area contributed by atoms with Crippen molar-refractivity contribution in [1.82, 2.24) is 9.78 Å². The Bertz CT molecular complexity index is 699. The van der Waals surface area contributed by atoms with E-state index in [9.17, 15) is 0 Å². The van der Waals surface area contributed by atoms with E-state index in [0.717, 1.165) is 23.1 Å². The van der Waals surface area contributed by atoms with Gasteiger partial charge in [0.1, 0.15) is 0 Å². The Morgan fingerprint density at radius 3 is 2.95 bits per heavy atom. The largest absolute Gasteiger partial charge is 0.318 e. The molecule has 3 aromatic rings. The number of fused-ring (bicyclic) bond motifs is 1. The van der Waals surface area contributed by atoms with Gasteiger partial charge >= 0.3 is 0 Å². The van der Waals surface area contributed by atoms with Crippen LogP contribution in [0.5, 0.6) is 0 Å². The summed E-state index contributed by atoms with van der Waals surface area (Å²) in [5.74, 6) is 0. The standard InChI is InChI=1S/C15H16BrN3S/c1-2-7-19-15(11(16)9-18-19)14(17)13-8-10-5-3-4-6-12(10)20-13/h3-6,8-9,14H,2,7,17H2,1H3. The predicted molar refractivity (Wildman–Crippen MR) is 88.1 cm³/mol. The molecule has 0 bridgehead atoms. The Morgan fingerprint density at radius 1 is 1.40 bits per heavy atom. The van der Waals surface area contributed by atoms with Crippen molar-refractivity contribution in [3.8, 4) is 0 Å². The van der Waals surface area contributed by atoms with Gasteiger partial charge in [-0.3, -0.25) is 4.68 Å². The molecule has 0 amide bonds. The number of aryl methyl sites for hydroxylation is 1. The molecule has 0 aliphatic carbocycles. The van der Waals surface area contributed by atoms with E-state index in [0.29, 0.717) is 0 Å². The van der Waals surface area contributed by atoms with Crippen LogP contribution in [0.3, 0.4) is 0 Å². The zero-order valence-electron chi connectivity index (χ0n) is 11.2. The van der Waals surface area contributed by atoms with Gasteiger partial charge in [0.25, 0.3) is 0 Å². The molecule has 0 spiro atoms. The fourth-order valence-corrected chi connectivity index (χ4v) is 3.97. The second kappa shape index (κ2) is 5.68. The molecule has 0 saturated carbocycles. The SMILES string of the molecule is CCCn1ncc(Br)c1C(N)c1cc2ccccc2s1. The lowest BCUT2D eigenvalue weighted by Crippen LogP contribution is -2.17. The van der Waals surface area contributed by atoms with Crippen LogP contribution in [-0.4, -0.2) is 9.78 Å². The summed E-state index contributed by atoms with van der Waals surface area (Å²) in [5, 5.41) is 5.65. The lowest BCUT2D eigenvalue weighted by Gasteiger charge is -2.13. The van der Waals surface area contributed by atoms with Crippen molar-refractivity contribution in [3.63, 3.8) is 0 Å². The lowest BCUT2D eigenvalue weighted by atomic mass is 10.1. The van der Waals surface area contributed by atoms with Crippen LogP contribution < -0.4 is 5.73 Å². The van der Waals surface area contributed by atoms with Gasteiger partial charge in [0.2, 0.25) is 0 Å². The number of hydrogen-bond donors (Lipinski definition) is 1. The smallest absolute Gasteiger partial charge is 0.0828 e. The average molecular weight is 350 g/mol. The van der Waals surface area contributed by atoms with Crippen LogP contribution >= 0.6 is 27.3 Å². The fourth-order valence-electron chi connectivity index (χ4n) is 2.36. The number of nitrogens with two attached hydrogens (primary N) is 1. The molecular weight excluding hydrogens is 334 g/mol. The Balaban J connectivity index is 2.03. The average Bonchev–Trinajstić information content (AvgIpc) is 3.02. The second-order valence-corrected chi connectivity index (χ2v) is 6.73. The fraction of sp³-hybridized carbons (Fsp3) is 0.267. The topological polar surface area (TPSA) is 43.8 Å². The molecule has 2 N–H and O–H groups in total. The highest BCUT2D eigenvalue weighted by Gasteiger charge is 2.19. The van der Waals surface area contributed by atoms with E-state index >= 15 is 0 Å². The van der Waals surface area contributed by atoms with E-state index < -0.39 is 0 Å². The van der Waals surface area contributed by atoms with Crippen LogP contribution in [0, 0.1) is 0 Å². The molecule has 0 saturated heterocycles. The predicted octanol–water partition coefficient (Wildman–Crippen LogP) is 4.32. The van der Waals surface area contributed by atoms with Crippen LogP contribution in [0.25, 0.3) is 10.1 Å². The number of hydrogen-bond acceptors (Lipinski definition) is 3. The molecule has 5 heteroatoms. The van der Waals surface area contributed by atoms with Crippen molar-refractivity contribution in [2.24, 2.45) is 5.73 Å². The van der Waals surface area contributed by atoms with Crippen molar-refractivity contribution in [2.45, 2.75) is 25.9 Å². The third-order valence-corrected chi connectivity index (χ3v) is 5.12. The van der Waals surface area contributed by atoms with Gasteiger partial charge in [-0.05, 0) is 39.9 Å². The zero-order chi connectivity index (χ0) is 14.1. The van der Waals surface area contributed by atoms with Crippen LogP contribution in [0.1, 0.15) is 30.0 Å². The number of halogens is 1. The number of benzene rings is 1. The highest BCUT2D eigenvalue weighted by molar-refractivity contribution is 9.10. The Kier molecular flexibility index (Phi) is 3.92. The number of aromatic nitrogens is 2. The summed E-state index contributed by atoms with van der Waals surface area (Å²) in [6.07, 6.45) is 2.87. The van der Waals surface area contributed by atoms with Crippen LogP contribution in [0.2, 0.25) is 0 Å². The van der Waals surface area contributed by atoms with E-state index in [2.05, 4.69) is 58.3 Å². The minimum atomic E-state index is -0.143. The summed E-state index contributed by atoms with van der Waals surface area (Å²) in [6, 6.07) is 10.4. The first-order valence-corrected chi connectivity index (χ1v) is 8.27. The van der Waals surface area contributed by atoms with Gasteiger partial charge in [0.15, 0.2) is 0 Å². The molecule has 0 radical (unpaired) electrons. The molecule has 1 unspecified atom stereocenters. The molecule has 2 heterocycles. The number of thiophene rings is 1. The maximum atomic E-state index is 6.48. The maximum Gasteiger partial charge on any atom is 0.0828 e. The third kappa shape index (κ3) is 2.41.